The van der Waals surface area contributed by atoms with Crippen LogP contribution in [-0.4, -0.2) is 16.3 Å². The Morgan fingerprint density at radius 3 is 2.06 bits per heavy atom. The molecular formula is C22H14ClF3N4O3. The lowest BCUT2D eigenvalue weighted by Gasteiger charge is -2.10. The first kappa shape index (κ1) is 22.2. The summed E-state index contributed by atoms with van der Waals surface area (Å²) < 4.78 is 48.2. The fraction of sp³-hybridized carbons (Fsp3) is 0.0455. The van der Waals surface area contributed by atoms with Crippen LogP contribution >= 0.6 is 11.6 Å². The maximum atomic E-state index is 12.6. The maximum absolute atomic E-state index is 12.6. The minimum absolute atomic E-state index is 0.122. The van der Waals surface area contributed by atoms with Gasteiger partial charge >= 0.3 is 12.2 Å². The molecule has 0 bridgehead atoms. The molecule has 1 heterocycles. The standard InChI is InChI=1S/C22H14ClF3N4O3/c23-15-5-1-13(2-6-15)19-20(30-33-29-19)28-21(31)27-16-7-11-18(12-8-16)32-17-9-3-14(4-10-17)22(24,25)26/h1-12H,(H2,27,28,30,31). The Bertz CT molecular complexity index is 1240. The molecule has 0 aliphatic rings. The third kappa shape index (κ3) is 5.60. The molecule has 0 saturated heterocycles. The number of carbonyl (C=O) groups is 1. The van der Waals surface area contributed by atoms with Crippen molar-refractivity contribution in [3.05, 3.63) is 83.4 Å². The van der Waals surface area contributed by atoms with E-state index in [1.807, 2.05) is 0 Å². The molecular weight excluding hydrogens is 461 g/mol. The van der Waals surface area contributed by atoms with Gasteiger partial charge < -0.3 is 10.1 Å². The van der Waals surface area contributed by atoms with Gasteiger partial charge in [-0.3, -0.25) is 5.32 Å². The number of benzene rings is 3. The lowest BCUT2D eigenvalue weighted by Crippen LogP contribution is -2.20. The zero-order valence-electron chi connectivity index (χ0n) is 16.6. The Hall–Kier alpha value is -4.05. The zero-order chi connectivity index (χ0) is 23.4. The summed E-state index contributed by atoms with van der Waals surface area (Å²) in [4.78, 5) is 12.3. The number of amides is 2. The van der Waals surface area contributed by atoms with Crippen LogP contribution in [0.25, 0.3) is 11.3 Å². The Morgan fingerprint density at radius 2 is 1.45 bits per heavy atom. The van der Waals surface area contributed by atoms with Crippen LogP contribution in [0, 0.1) is 0 Å². The van der Waals surface area contributed by atoms with Crippen LogP contribution < -0.4 is 15.4 Å². The Morgan fingerprint density at radius 1 is 0.848 bits per heavy atom. The number of carbonyl (C=O) groups excluding carboxylic acids is 1. The SMILES string of the molecule is O=C(Nc1ccc(Oc2ccc(C(F)(F)F)cc2)cc1)Nc1nonc1-c1ccc(Cl)cc1. The predicted molar refractivity (Wildman–Crippen MR) is 115 cm³/mol. The van der Waals surface area contributed by atoms with Crippen molar-refractivity contribution in [2.24, 2.45) is 0 Å². The number of alkyl halides is 3. The normalized spacial score (nSPS) is 11.2. The van der Waals surface area contributed by atoms with Crippen LogP contribution in [-0.2, 0) is 6.18 Å². The molecule has 0 radical (unpaired) electrons. The van der Waals surface area contributed by atoms with Crippen LogP contribution in [0.1, 0.15) is 5.56 Å². The number of aromatic nitrogens is 2. The van der Waals surface area contributed by atoms with Crippen molar-refractivity contribution in [3.63, 3.8) is 0 Å². The van der Waals surface area contributed by atoms with E-state index in [0.717, 1.165) is 12.1 Å². The van der Waals surface area contributed by atoms with E-state index in [2.05, 4.69) is 20.9 Å². The largest absolute Gasteiger partial charge is 0.457 e. The van der Waals surface area contributed by atoms with Gasteiger partial charge in [0.15, 0.2) is 5.69 Å². The fourth-order valence-corrected chi connectivity index (χ4v) is 2.92. The number of anilines is 2. The number of nitrogens with one attached hydrogen (secondary N) is 2. The van der Waals surface area contributed by atoms with Gasteiger partial charge in [0.1, 0.15) is 11.5 Å². The predicted octanol–water partition coefficient (Wildman–Crippen LogP) is 6.85. The van der Waals surface area contributed by atoms with Gasteiger partial charge in [-0.25, -0.2) is 9.42 Å². The molecule has 0 spiro atoms. The number of urea groups is 1. The van der Waals surface area contributed by atoms with Crippen molar-refractivity contribution < 1.29 is 27.3 Å². The number of ether oxygens (including phenoxy) is 1. The Balaban J connectivity index is 1.36. The summed E-state index contributed by atoms with van der Waals surface area (Å²) in [5.41, 5.74) is 0.668. The lowest BCUT2D eigenvalue weighted by molar-refractivity contribution is -0.137. The number of halogens is 4. The highest BCUT2D eigenvalue weighted by Gasteiger charge is 2.30. The third-order valence-corrected chi connectivity index (χ3v) is 4.62. The van der Waals surface area contributed by atoms with Crippen molar-refractivity contribution in [3.8, 4) is 22.8 Å². The number of hydrogen-bond acceptors (Lipinski definition) is 5. The molecule has 7 nitrogen and oxygen atoms in total. The minimum atomic E-state index is -4.41. The van der Waals surface area contributed by atoms with Gasteiger partial charge in [-0.05, 0) is 71.0 Å². The molecule has 0 aliphatic heterocycles. The second-order valence-electron chi connectivity index (χ2n) is 6.70. The van der Waals surface area contributed by atoms with Gasteiger partial charge in [-0.15, -0.1) is 0 Å². The summed E-state index contributed by atoms with van der Waals surface area (Å²) in [5, 5.41) is 13.2. The van der Waals surface area contributed by atoms with Crippen molar-refractivity contribution >= 4 is 29.1 Å². The molecule has 1 aromatic heterocycles. The van der Waals surface area contributed by atoms with E-state index >= 15 is 0 Å². The van der Waals surface area contributed by atoms with Gasteiger partial charge in [0, 0.05) is 16.3 Å². The molecule has 2 N–H and O–H groups in total. The molecule has 4 aromatic rings. The molecule has 168 valence electrons. The molecule has 33 heavy (non-hydrogen) atoms. The first-order valence-corrected chi connectivity index (χ1v) is 9.77. The van der Waals surface area contributed by atoms with E-state index in [4.69, 9.17) is 21.0 Å². The van der Waals surface area contributed by atoms with E-state index < -0.39 is 17.8 Å². The highest BCUT2D eigenvalue weighted by Crippen LogP contribution is 2.31. The van der Waals surface area contributed by atoms with E-state index in [9.17, 15) is 18.0 Å². The molecule has 4 rings (SSSR count). The minimum Gasteiger partial charge on any atom is -0.457 e. The second kappa shape index (κ2) is 9.21. The van der Waals surface area contributed by atoms with Crippen molar-refractivity contribution in [1.82, 2.24) is 10.3 Å². The molecule has 11 heteroatoms. The van der Waals surface area contributed by atoms with Gasteiger partial charge in [-0.2, -0.15) is 13.2 Å². The quantitative estimate of drug-likeness (QED) is 0.330. The lowest BCUT2D eigenvalue weighted by atomic mass is 10.1. The molecule has 0 unspecified atom stereocenters. The molecule has 3 aromatic carbocycles. The highest BCUT2D eigenvalue weighted by atomic mass is 35.5. The van der Waals surface area contributed by atoms with E-state index in [1.54, 1.807) is 48.5 Å². The van der Waals surface area contributed by atoms with Gasteiger partial charge in [-0.1, -0.05) is 23.7 Å². The van der Waals surface area contributed by atoms with Crippen molar-refractivity contribution in [1.29, 1.82) is 0 Å². The van der Waals surface area contributed by atoms with E-state index in [0.29, 0.717) is 27.7 Å². The van der Waals surface area contributed by atoms with E-state index in [-0.39, 0.29) is 11.6 Å². The number of hydrogen-bond donors (Lipinski definition) is 2. The van der Waals surface area contributed by atoms with E-state index in [1.165, 1.54) is 12.1 Å². The summed E-state index contributed by atoms with van der Waals surface area (Å²) in [5.74, 6) is 0.748. The summed E-state index contributed by atoms with van der Waals surface area (Å²) in [7, 11) is 0. The maximum Gasteiger partial charge on any atom is 0.416 e. The third-order valence-electron chi connectivity index (χ3n) is 4.37. The second-order valence-corrected chi connectivity index (χ2v) is 7.13. The zero-order valence-corrected chi connectivity index (χ0v) is 17.3. The van der Waals surface area contributed by atoms with Crippen LogP contribution in [0.3, 0.4) is 0 Å². The molecule has 0 atom stereocenters. The Labute approximate surface area is 190 Å². The summed E-state index contributed by atoms with van der Waals surface area (Å²) in [6, 6.07) is 16.8. The average Bonchev–Trinajstić information content (AvgIpc) is 3.23. The monoisotopic (exact) mass is 474 g/mol. The van der Waals surface area contributed by atoms with Gasteiger partial charge in [0.2, 0.25) is 5.82 Å². The molecule has 2 amide bonds. The highest BCUT2D eigenvalue weighted by molar-refractivity contribution is 6.30. The topological polar surface area (TPSA) is 89.3 Å². The van der Waals surface area contributed by atoms with Crippen molar-refractivity contribution in [2.75, 3.05) is 10.6 Å². The van der Waals surface area contributed by atoms with Crippen LogP contribution in [0.2, 0.25) is 5.02 Å². The summed E-state index contributed by atoms with van der Waals surface area (Å²) in [6.07, 6.45) is -4.41. The van der Waals surface area contributed by atoms with Gasteiger partial charge in [0.25, 0.3) is 0 Å². The molecule has 0 aliphatic carbocycles. The summed E-state index contributed by atoms with van der Waals surface area (Å²) in [6.45, 7) is 0. The van der Waals surface area contributed by atoms with Crippen LogP contribution in [0.5, 0.6) is 11.5 Å². The first-order chi connectivity index (χ1) is 15.8. The van der Waals surface area contributed by atoms with Gasteiger partial charge in [0.05, 0.1) is 5.56 Å². The first-order valence-electron chi connectivity index (χ1n) is 9.39. The smallest absolute Gasteiger partial charge is 0.416 e. The number of nitrogens with zero attached hydrogens (tertiary/aromatic N) is 2. The summed E-state index contributed by atoms with van der Waals surface area (Å²) >= 11 is 5.88. The Kier molecular flexibility index (Phi) is 6.18. The average molecular weight is 475 g/mol. The van der Waals surface area contributed by atoms with Crippen LogP contribution in [0.15, 0.2) is 77.4 Å². The molecule has 0 fully saturated rings. The molecule has 0 saturated carbocycles. The van der Waals surface area contributed by atoms with Crippen LogP contribution in [0.4, 0.5) is 29.5 Å². The fourth-order valence-electron chi connectivity index (χ4n) is 2.79. The van der Waals surface area contributed by atoms with Crippen molar-refractivity contribution in [2.45, 2.75) is 6.18 Å². The number of rotatable bonds is 5.